The first-order valence-electron chi connectivity index (χ1n) is 8.25. The van der Waals surface area contributed by atoms with Crippen molar-refractivity contribution in [3.63, 3.8) is 0 Å². The van der Waals surface area contributed by atoms with Gasteiger partial charge in [0, 0.05) is 40.5 Å². The quantitative estimate of drug-likeness (QED) is 0.304. The molecule has 1 fully saturated rings. The summed E-state index contributed by atoms with van der Waals surface area (Å²) in [7, 11) is 0. The number of carbonyl (C=O) groups is 4. The summed E-state index contributed by atoms with van der Waals surface area (Å²) in [5.74, 6) is -2.59. The van der Waals surface area contributed by atoms with E-state index in [1.165, 1.54) is 13.0 Å². The topological polar surface area (TPSA) is 132 Å². The van der Waals surface area contributed by atoms with Crippen molar-refractivity contribution in [3.8, 4) is 0 Å². The molecule has 0 saturated carbocycles. The van der Waals surface area contributed by atoms with Crippen molar-refractivity contribution in [2.45, 2.75) is 58.3 Å². The molecule has 152 valence electrons. The van der Waals surface area contributed by atoms with E-state index in [1.54, 1.807) is 0 Å². The molecule has 27 heavy (non-hydrogen) atoms. The van der Waals surface area contributed by atoms with E-state index in [0.29, 0.717) is 0 Å². The molecule has 1 amide bonds. The van der Waals surface area contributed by atoms with Crippen molar-refractivity contribution < 1.29 is 43.2 Å². The molecule has 0 aliphatic carbocycles. The number of hydrogen-bond acceptors (Lipinski definition) is 9. The maximum absolute atomic E-state index is 12.7. The van der Waals surface area contributed by atoms with Crippen LogP contribution in [-0.2, 0) is 38.1 Å². The van der Waals surface area contributed by atoms with Crippen LogP contribution in [0.4, 0.5) is 0 Å². The SMILES string of the molecule is C=CCN(C(C)=O)[C@@H]1[C@@H](OC(C)=O)[C@H](OC(C)=O)[C@@H](COC(C)=O)O[C@H]1[O-]. The molecular weight excluding hydrogens is 362 g/mol. The number of nitrogens with zero attached hydrogens (tertiary/aromatic N) is 1. The van der Waals surface area contributed by atoms with Gasteiger partial charge in [0.2, 0.25) is 5.91 Å². The van der Waals surface area contributed by atoms with Gasteiger partial charge in [-0.25, -0.2) is 0 Å². The third-order valence-corrected chi connectivity index (χ3v) is 3.76. The van der Waals surface area contributed by atoms with Crippen molar-refractivity contribution in [1.82, 2.24) is 4.90 Å². The van der Waals surface area contributed by atoms with Crippen LogP contribution in [0.15, 0.2) is 12.7 Å². The predicted molar refractivity (Wildman–Crippen MR) is 87.8 cm³/mol. The molecule has 0 unspecified atom stereocenters. The molecule has 10 nitrogen and oxygen atoms in total. The van der Waals surface area contributed by atoms with E-state index in [4.69, 9.17) is 18.9 Å². The van der Waals surface area contributed by atoms with Crippen LogP contribution in [0.2, 0.25) is 0 Å². The van der Waals surface area contributed by atoms with Crippen LogP contribution in [0.1, 0.15) is 27.7 Å². The molecule has 10 heteroatoms. The number of rotatable bonds is 7. The smallest absolute Gasteiger partial charge is 0.303 e. The Kier molecular flexibility index (Phi) is 8.38. The zero-order chi connectivity index (χ0) is 20.7. The van der Waals surface area contributed by atoms with Crippen LogP contribution in [0, 0.1) is 0 Å². The molecule has 0 radical (unpaired) electrons. The fourth-order valence-corrected chi connectivity index (χ4v) is 2.81. The summed E-state index contributed by atoms with van der Waals surface area (Å²) in [4.78, 5) is 47.4. The van der Waals surface area contributed by atoms with E-state index in [2.05, 4.69) is 6.58 Å². The molecule has 1 saturated heterocycles. The lowest BCUT2D eigenvalue weighted by atomic mass is 9.94. The fraction of sp³-hybridized carbons (Fsp3) is 0.647. The Morgan fingerprint density at radius 1 is 1.04 bits per heavy atom. The summed E-state index contributed by atoms with van der Waals surface area (Å²) < 4.78 is 20.6. The number of hydrogen-bond donors (Lipinski definition) is 0. The Bertz CT molecular complexity index is 591. The lowest BCUT2D eigenvalue weighted by molar-refractivity contribution is -0.524. The van der Waals surface area contributed by atoms with Crippen LogP contribution in [0.3, 0.4) is 0 Å². The molecular formula is C17H24NO9-. The van der Waals surface area contributed by atoms with Gasteiger partial charge in [-0.3, -0.25) is 19.2 Å². The maximum atomic E-state index is 12.7. The van der Waals surface area contributed by atoms with Crippen LogP contribution in [0.25, 0.3) is 0 Å². The van der Waals surface area contributed by atoms with Crippen LogP contribution in [-0.4, -0.2) is 72.5 Å². The molecule has 0 bridgehead atoms. The number of esters is 3. The van der Waals surface area contributed by atoms with Crippen LogP contribution >= 0.6 is 0 Å². The zero-order valence-electron chi connectivity index (χ0n) is 15.7. The van der Waals surface area contributed by atoms with Crippen molar-refractivity contribution in [2.24, 2.45) is 0 Å². The Morgan fingerprint density at radius 2 is 1.59 bits per heavy atom. The summed E-state index contributed by atoms with van der Waals surface area (Å²) in [5.41, 5.74) is 0. The Hall–Kier alpha value is -2.46. The fourth-order valence-electron chi connectivity index (χ4n) is 2.81. The highest BCUT2D eigenvalue weighted by atomic mass is 16.7. The first kappa shape index (κ1) is 22.6. The minimum atomic E-state index is -1.84. The maximum Gasteiger partial charge on any atom is 0.303 e. The molecule has 0 aromatic carbocycles. The van der Waals surface area contributed by atoms with Gasteiger partial charge in [0.05, 0.1) is 6.04 Å². The van der Waals surface area contributed by atoms with E-state index >= 15 is 0 Å². The Balaban J connectivity index is 3.31. The van der Waals surface area contributed by atoms with Gasteiger partial charge in [-0.15, -0.1) is 6.58 Å². The molecule has 0 spiro atoms. The van der Waals surface area contributed by atoms with Gasteiger partial charge in [-0.05, 0) is 0 Å². The van der Waals surface area contributed by atoms with Crippen LogP contribution in [0.5, 0.6) is 0 Å². The van der Waals surface area contributed by atoms with E-state index in [0.717, 1.165) is 25.7 Å². The number of ether oxygens (including phenoxy) is 4. The van der Waals surface area contributed by atoms with Gasteiger partial charge in [-0.2, -0.15) is 0 Å². The lowest BCUT2D eigenvalue weighted by Gasteiger charge is -2.51. The summed E-state index contributed by atoms with van der Waals surface area (Å²) in [6.45, 7) is 7.76. The summed E-state index contributed by atoms with van der Waals surface area (Å²) in [6, 6.07) is -1.28. The minimum absolute atomic E-state index is 0.0126. The molecule has 0 aromatic heterocycles. The first-order chi connectivity index (χ1) is 12.6. The zero-order valence-corrected chi connectivity index (χ0v) is 15.7. The third kappa shape index (κ3) is 6.33. The second-order valence-electron chi connectivity index (χ2n) is 5.94. The average molecular weight is 386 g/mol. The average Bonchev–Trinajstić information content (AvgIpc) is 2.53. The number of carbonyl (C=O) groups excluding carboxylic acids is 4. The third-order valence-electron chi connectivity index (χ3n) is 3.76. The lowest BCUT2D eigenvalue weighted by Crippen LogP contribution is -2.69. The highest BCUT2D eigenvalue weighted by molar-refractivity contribution is 5.74. The second-order valence-corrected chi connectivity index (χ2v) is 5.94. The normalized spacial score (nSPS) is 27.2. The molecule has 0 aromatic rings. The Labute approximate surface area is 157 Å². The summed E-state index contributed by atoms with van der Waals surface area (Å²) in [6.07, 6.45) is -4.19. The van der Waals surface area contributed by atoms with Gasteiger partial charge in [0.1, 0.15) is 12.7 Å². The minimum Gasteiger partial charge on any atom is -0.829 e. The van der Waals surface area contributed by atoms with Crippen molar-refractivity contribution >= 4 is 23.8 Å². The molecule has 1 rings (SSSR count). The van der Waals surface area contributed by atoms with E-state index in [1.807, 2.05) is 0 Å². The highest BCUT2D eigenvalue weighted by Crippen LogP contribution is 2.28. The van der Waals surface area contributed by atoms with Crippen molar-refractivity contribution in [2.75, 3.05) is 13.2 Å². The van der Waals surface area contributed by atoms with Gasteiger partial charge >= 0.3 is 17.9 Å². The second kappa shape index (κ2) is 10.0. The predicted octanol–water partition coefficient (Wildman–Crippen LogP) is -1.10. The molecule has 5 atom stereocenters. The van der Waals surface area contributed by atoms with Gasteiger partial charge in [0.25, 0.3) is 0 Å². The molecule has 1 aliphatic rings. The monoisotopic (exact) mass is 386 g/mol. The Morgan fingerprint density at radius 3 is 2.04 bits per heavy atom. The van der Waals surface area contributed by atoms with Gasteiger partial charge in [-0.1, -0.05) is 6.08 Å². The molecule has 1 aliphatic heterocycles. The number of amides is 1. The summed E-state index contributed by atoms with van der Waals surface area (Å²) in [5, 5.41) is 12.7. The van der Waals surface area contributed by atoms with E-state index < -0.39 is 61.1 Å². The first-order valence-corrected chi connectivity index (χ1v) is 8.25. The van der Waals surface area contributed by atoms with Crippen LogP contribution < -0.4 is 5.11 Å². The van der Waals surface area contributed by atoms with E-state index in [-0.39, 0.29) is 6.54 Å². The van der Waals surface area contributed by atoms with E-state index in [9.17, 15) is 24.3 Å². The van der Waals surface area contributed by atoms with Gasteiger partial charge in [0.15, 0.2) is 12.2 Å². The van der Waals surface area contributed by atoms with Crippen molar-refractivity contribution in [1.29, 1.82) is 0 Å². The largest absolute Gasteiger partial charge is 0.829 e. The molecule has 1 heterocycles. The highest BCUT2D eigenvalue weighted by Gasteiger charge is 2.49. The standard InChI is InChI=1S/C17H24NO9/c1-6-7-18(9(2)19)14-16(26-12(5)22)15(25-11(4)21)13(27-17(14)23)8-24-10(3)20/h6,13-17H,1,7-8H2,2-5H3/q-1/t13-,14-,15-,16-,17-/m1/s1. The summed E-state index contributed by atoms with van der Waals surface area (Å²) >= 11 is 0. The van der Waals surface area contributed by atoms with Gasteiger partial charge < -0.3 is 29.0 Å². The van der Waals surface area contributed by atoms with Crippen molar-refractivity contribution in [3.05, 3.63) is 12.7 Å². The molecule has 0 N–H and O–H groups in total.